The van der Waals surface area contributed by atoms with Crippen LogP contribution < -0.4 is 10.4 Å². The third-order valence-corrected chi connectivity index (χ3v) is 13.3. The van der Waals surface area contributed by atoms with Crippen LogP contribution in [0.3, 0.4) is 0 Å². The molecule has 0 radical (unpaired) electrons. The van der Waals surface area contributed by atoms with Crippen LogP contribution in [-0.4, -0.2) is 25.5 Å². The van der Waals surface area contributed by atoms with Gasteiger partial charge in [0.15, 0.2) is 0 Å². The Labute approximate surface area is 206 Å². The molecule has 2 atom stereocenters. The van der Waals surface area contributed by atoms with Gasteiger partial charge in [-0.25, -0.2) is 0 Å². The first kappa shape index (κ1) is 24.9. The summed E-state index contributed by atoms with van der Waals surface area (Å²) in [6.45, 7) is 7.01. The Morgan fingerprint density at radius 2 is 1.53 bits per heavy atom. The second kappa shape index (κ2) is 10.2. The minimum atomic E-state index is -2.55. The van der Waals surface area contributed by atoms with Gasteiger partial charge in [0.25, 0.3) is 8.32 Å². The van der Waals surface area contributed by atoms with Gasteiger partial charge in [-0.3, -0.25) is 4.79 Å². The number of hydrogen-bond acceptors (Lipinski definition) is 2. The van der Waals surface area contributed by atoms with Gasteiger partial charge in [-0.2, -0.15) is 0 Å². The van der Waals surface area contributed by atoms with E-state index >= 15 is 0 Å². The highest BCUT2D eigenvalue weighted by molar-refractivity contribution is 6.99. The summed E-state index contributed by atoms with van der Waals surface area (Å²) in [5, 5.41) is 12.5. The Morgan fingerprint density at radius 3 is 2.03 bits per heavy atom. The molecule has 0 amide bonds. The van der Waals surface area contributed by atoms with Crippen LogP contribution >= 0.6 is 0 Å². The first-order valence-corrected chi connectivity index (χ1v) is 14.8. The van der Waals surface area contributed by atoms with Gasteiger partial charge in [-0.05, 0) is 59.9 Å². The Kier molecular flexibility index (Phi) is 7.49. The van der Waals surface area contributed by atoms with Crippen LogP contribution in [0.15, 0.2) is 72.8 Å². The molecule has 0 bridgehead atoms. The first-order valence-electron chi connectivity index (χ1n) is 12.9. The van der Waals surface area contributed by atoms with Crippen LogP contribution in [0, 0.1) is 11.3 Å². The number of carbonyl (C=O) groups is 1. The van der Waals surface area contributed by atoms with Crippen molar-refractivity contribution in [3.63, 3.8) is 0 Å². The molecule has 1 saturated carbocycles. The highest BCUT2D eigenvalue weighted by atomic mass is 28.4. The summed E-state index contributed by atoms with van der Waals surface area (Å²) in [6.07, 6.45) is 11.9. The summed E-state index contributed by atoms with van der Waals surface area (Å²) in [5.41, 5.74) is -0.578. The molecule has 4 rings (SSSR count). The fourth-order valence-electron chi connectivity index (χ4n) is 6.22. The molecular weight excluding hydrogens is 436 g/mol. The third kappa shape index (κ3) is 4.94. The van der Waals surface area contributed by atoms with Crippen molar-refractivity contribution in [1.29, 1.82) is 0 Å². The summed E-state index contributed by atoms with van der Waals surface area (Å²) < 4.78 is 7.40. The predicted molar refractivity (Wildman–Crippen MR) is 142 cm³/mol. The molecule has 0 heterocycles. The Hall–Kier alpha value is -2.17. The zero-order valence-corrected chi connectivity index (χ0v) is 22.0. The average Bonchev–Trinajstić information content (AvgIpc) is 3.32. The Morgan fingerprint density at radius 1 is 0.971 bits per heavy atom. The van der Waals surface area contributed by atoms with Crippen LogP contribution in [0.1, 0.15) is 72.1 Å². The molecule has 2 aliphatic carbocycles. The second-order valence-electron chi connectivity index (χ2n) is 11.4. The van der Waals surface area contributed by atoms with Crippen LogP contribution in [-0.2, 0) is 9.22 Å². The zero-order chi connectivity index (χ0) is 24.2. The SMILES string of the molecule is CC(C)(C)[Si](O[C@@H]1CCC[C@H](CCC2(C(=O)O)CC=CC2)C1)(c1ccccc1)c1ccccc1. The van der Waals surface area contributed by atoms with Crippen LogP contribution in [0.5, 0.6) is 0 Å². The van der Waals surface area contributed by atoms with Gasteiger partial charge in [0.1, 0.15) is 0 Å². The van der Waals surface area contributed by atoms with Gasteiger partial charge in [-0.15, -0.1) is 0 Å². The number of allylic oxidation sites excluding steroid dienone is 2. The number of benzene rings is 2. The van der Waals surface area contributed by atoms with Gasteiger partial charge >= 0.3 is 5.97 Å². The van der Waals surface area contributed by atoms with E-state index in [1.807, 2.05) is 12.2 Å². The van der Waals surface area contributed by atoms with Gasteiger partial charge in [0.05, 0.1) is 5.41 Å². The highest BCUT2D eigenvalue weighted by Gasteiger charge is 2.51. The van der Waals surface area contributed by atoms with E-state index in [-0.39, 0.29) is 11.1 Å². The summed E-state index contributed by atoms with van der Waals surface area (Å²) in [7, 11) is -2.55. The molecule has 3 nitrogen and oxygen atoms in total. The van der Waals surface area contributed by atoms with E-state index in [9.17, 15) is 9.90 Å². The minimum absolute atomic E-state index is 0.0223. The monoisotopic (exact) mass is 476 g/mol. The molecule has 0 aromatic heterocycles. The number of carboxylic acid groups (broad SMARTS) is 1. The van der Waals surface area contributed by atoms with Crippen molar-refractivity contribution < 1.29 is 14.3 Å². The van der Waals surface area contributed by atoms with Gasteiger partial charge in [0.2, 0.25) is 0 Å². The molecule has 0 saturated heterocycles. The lowest BCUT2D eigenvalue weighted by atomic mass is 9.76. The maximum atomic E-state index is 12.0. The van der Waals surface area contributed by atoms with Crippen LogP contribution in [0.25, 0.3) is 0 Å². The fraction of sp³-hybridized carbons (Fsp3) is 0.500. The minimum Gasteiger partial charge on any atom is -0.481 e. The van der Waals surface area contributed by atoms with Crippen molar-refractivity contribution in [2.24, 2.45) is 11.3 Å². The van der Waals surface area contributed by atoms with Gasteiger partial charge in [-0.1, -0.05) is 106 Å². The molecule has 2 aromatic carbocycles. The van der Waals surface area contributed by atoms with Crippen molar-refractivity contribution in [2.45, 2.75) is 83.3 Å². The Bertz CT molecular complexity index is 930. The van der Waals surface area contributed by atoms with Crippen LogP contribution in [0.2, 0.25) is 5.04 Å². The molecule has 4 heteroatoms. The summed E-state index contributed by atoms with van der Waals surface area (Å²) >= 11 is 0. The van der Waals surface area contributed by atoms with E-state index < -0.39 is 19.7 Å². The van der Waals surface area contributed by atoms with E-state index in [1.165, 1.54) is 16.8 Å². The topological polar surface area (TPSA) is 46.5 Å². The normalized spacial score (nSPS) is 22.6. The molecule has 2 aliphatic rings. The Balaban J connectivity index is 1.58. The zero-order valence-electron chi connectivity index (χ0n) is 21.0. The quantitative estimate of drug-likeness (QED) is 0.358. The van der Waals surface area contributed by atoms with Gasteiger partial charge < -0.3 is 9.53 Å². The molecular formula is C30H40O3Si. The third-order valence-electron chi connectivity index (χ3n) is 8.16. The summed E-state index contributed by atoms with van der Waals surface area (Å²) in [6, 6.07) is 21.8. The predicted octanol–water partition coefficient (Wildman–Crippen LogP) is 6.32. The molecule has 1 N–H and O–H groups in total. The van der Waals surface area contributed by atoms with E-state index in [2.05, 4.69) is 81.4 Å². The lowest BCUT2D eigenvalue weighted by Gasteiger charge is -2.46. The lowest BCUT2D eigenvalue weighted by molar-refractivity contribution is -0.149. The molecule has 2 aromatic rings. The van der Waals surface area contributed by atoms with E-state index in [4.69, 9.17) is 4.43 Å². The van der Waals surface area contributed by atoms with E-state index in [0.717, 1.165) is 32.1 Å². The van der Waals surface area contributed by atoms with Gasteiger partial charge in [0, 0.05) is 6.10 Å². The summed E-state index contributed by atoms with van der Waals surface area (Å²) in [4.78, 5) is 12.0. The molecule has 34 heavy (non-hydrogen) atoms. The van der Waals surface area contributed by atoms with Crippen molar-refractivity contribution >= 4 is 24.7 Å². The second-order valence-corrected chi connectivity index (χ2v) is 15.7. The molecule has 0 unspecified atom stereocenters. The maximum absolute atomic E-state index is 12.0. The van der Waals surface area contributed by atoms with Crippen molar-refractivity contribution in [3.8, 4) is 0 Å². The number of rotatable bonds is 8. The maximum Gasteiger partial charge on any atom is 0.310 e. The smallest absolute Gasteiger partial charge is 0.310 e. The number of aliphatic carboxylic acids is 1. The summed E-state index contributed by atoms with van der Waals surface area (Å²) in [5.74, 6) is -0.0952. The van der Waals surface area contributed by atoms with Crippen molar-refractivity contribution in [1.82, 2.24) is 0 Å². The van der Waals surface area contributed by atoms with E-state index in [0.29, 0.717) is 18.8 Å². The largest absolute Gasteiger partial charge is 0.481 e. The fourth-order valence-corrected chi connectivity index (χ4v) is 10.9. The van der Waals surface area contributed by atoms with Crippen LogP contribution in [0.4, 0.5) is 0 Å². The standard InChI is InChI=1S/C30H40O3Si/c1-29(2,3)34(26-15-6-4-7-16-26,27-17-8-5-9-18-27)33-25-14-12-13-24(23-25)19-22-30(28(31)32)20-10-11-21-30/h4-11,15-18,24-25H,12-14,19-23H2,1-3H3,(H,31,32)/t24-,25-/m1/s1. The number of carboxylic acids is 1. The molecule has 0 spiro atoms. The number of hydrogen-bond donors (Lipinski definition) is 1. The molecule has 182 valence electrons. The lowest BCUT2D eigenvalue weighted by Crippen LogP contribution is -2.67. The molecule has 1 fully saturated rings. The molecule has 0 aliphatic heterocycles. The van der Waals surface area contributed by atoms with E-state index in [1.54, 1.807) is 0 Å². The highest BCUT2D eigenvalue weighted by Crippen LogP contribution is 2.43. The van der Waals surface area contributed by atoms with Crippen molar-refractivity contribution in [2.75, 3.05) is 0 Å². The first-order chi connectivity index (χ1) is 16.3. The average molecular weight is 477 g/mol. The van der Waals surface area contributed by atoms with Crippen molar-refractivity contribution in [3.05, 3.63) is 72.8 Å².